The van der Waals surface area contributed by atoms with Crippen LogP contribution in [0.1, 0.15) is 49.8 Å². The van der Waals surface area contributed by atoms with Crippen molar-refractivity contribution in [2.45, 2.75) is 57.1 Å². The number of nitrogens with zero attached hydrogens (tertiary/aromatic N) is 3. The third-order valence-corrected chi connectivity index (χ3v) is 10.9. The minimum atomic E-state index is -4.00. The molecule has 2 N–H and O–H groups in total. The quantitative estimate of drug-likeness (QED) is 0.306. The van der Waals surface area contributed by atoms with E-state index in [4.69, 9.17) is 0 Å². The first kappa shape index (κ1) is 29.8. The molecular weight excluding hydrogens is 560 g/mol. The molecule has 9 heteroatoms. The molecule has 4 aromatic rings. The van der Waals surface area contributed by atoms with Crippen LogP contribution in [0.2, 0.25) is 0 Å². The SMILES string of the molecule is Cc1ccc(S(=O)(=O)n2ccc3c(-c4cc(C(C)(C)O)ccc4CN4CC(CC5CCNCC5)C4)cn(C)c(=O)c32)cc1. The molecule has 0 aliphatic carbocycles. The zero-order valence-electron chi connectivity index (χ0n) is 25.5. The molecule has 0 saturated carbocycles. The van der Waals surface area contributed by atoms with Gasteiger partial charge in [0.25, 0.3) is 15.6 Å². The number of likely N-dealkylation sites (tertiary alicyclic amines) is 1. The van der Waals surface area contributed by atoms with Crippen LogP contribution in [-0.2, 0) is 29.2 Å². The van der Waals surface area contributed by atoms with Crippen molar-refractivity contribution in [2.75, 3.05) is 26.2 Å². The Bertz CT molecular complexity index is 1800. The summed E-state index contributed by atoms with van der Waals surface area (Å²) < 4.78 is 30.0. The first-order valence-electron chi connectivity index (χ1n) is 15.2. The highest BCUT2D eigenvalue weighted by Gasteiger charge is 2.31. The molecule has 43 heavy (non-hydrogen) atoms. The van der Waals surface area contributed by atoms with E-state index < -0.39 is 15.6 Å². The van der Waals surface area contributed by atoms with Gasteiger partial charge in [0.2, 0.25) is 0 Å². The number of fused-ring (bicyclic) bond motifs is 1. The monoisotopic (exact) mass is 602 g/mol. The van der Waals surface area contributed by atoms with E-state index in [1.165, 1.54) is 30.0 Å². The van der Waals surface area contributed by atoms with Crippen molar-refractivity contribution >= 4 is 20.9 Å². The molecule has 0 unspecified atom stereocenters. The van der Waals surface area contributed by atoms with Crippen molar-refractivity contribution in [3.05, 3.63) is 88.0 Å². The van der Waals surface area contributed by atoms with Gasteiger partial charge in [0.1, 0.15) is 5.52 Å². The summed E-state index contributed by atoms with van der Waals surface area (Å²) >= 11 is 0. The van der Waals surface area contributed by atoms with Gasteiger partial charge in [-0.15, -0.1) is 0 Å². The summed E-state index contributed by atoms with van der Waals surface area (Å²) in [5.41, 5.74) is 3.12. The lowest BCUT2D eigenvalue weighted by Crippen LogP contribution is -2.47. The van der Waals surface area contributed by atoms with Gasteiger partial charge in [-0.1, -0.05) is 29.8 Å². The molecule has 4 heterocycles. The maximum Gasteiger partial charge on any atom is 0.275 e. The van der Waals surface area contributed by atoms with Crippen LogP contribution in [-0.4, -0.2) is 53.1 Å². The summed E-state index contributed by atoms with van der Waals surface area (Å²) in [6, 6.07) is 14.4. The Kier molecular flexibility index (Phi) is 7.87. The second-order valence-corrected chi connectivity index (χ2v) is 14.9. The Morgan fingerprint density at radius 2 is 1.67 bits per heavy atom. The summed E-state index contributed by atoms with van der Waals surface area (Å²) in [6.45, 7) is 10.5. The maximum atomic E-state index is 13.7. The number of pyridine rings is 1. The van der Waals surface area contributed by atoms with E-state index in [0.717, 1.165) is 70.4 Å². The zero-order chi connectivity index (χ0) is 30.5. The fraction of sp³-hybridized carbons (Fsp3) is 0.441. The molecule has 2 aromatic carbocycles. The van der Waals surface area contributed by atoms with Crippen molar-refractivity contribution in [3.8, 4) is 11.1 Å². The van der Waals surface area contributed by atoms with Crippen LogP contribution in [0, 0.1) is 18.8 Å². The molecule has 228 valence electrons. The number of aliphatic hydroxyl groups is 1. The van der Waals surface area contributed by atoms with E-state index in [2.05, 4.69) is 16.3 Å². The summed E-state index contributed by atoms with van der Waals surface area (Å²) in [5.74, 6) is 1.53. The summed E-state index contributed by atoms with van der Waals surface area (Å²) in [6.07, 6.45) is 7.08. The molecule has 8 nitrogen and oxygen atoms in total. The predicted molar refractivity (Wildman–Crippen MR) is 171 cm³/mol. The fourth-order valence-corrected chi connectivity index (χ4v) is 8.04. The number of rotatable bonds is 8. The van der Waals surface area contributed by atoms with E-state index in [1.807, 2.05) is 19.1 Å². The van der Waals surface area contributed by atoms with Crippen molar-refractivity contribution in [1.82, 2.24) is 18.8 Å². The number of piperidine rings is 1. The molecule has 2 fully saturated rings. The lowest BCUT2D eigenvalue weighted by Gasteiger charge is -2.42. The summed E-state index contributed by atoms with van der Waals surface area (Å²) in [5, 5.41) is 14.9. The van der Waals surface area contributed by atoms with E-state index >= 15 is 0 Å². The molecule has 2 aliphatic rings. The number of nitrogens with one attached hydrogen (secondary N) is 1. The van der Waals surface area contributed by atoms with Crippen molar-refractivity contribution in [3.63, 3.8) is 0 Å². The molecule has 2 aromatic heterocycles. The summed E-state index contributed by atoms with van der Waals surface area (Å²) in [7, 11) is -2.35. The van der Waals surface area contributed by atoms with Gasteiger partial charge in [-0.3, -0.25) is 9.69 Å². The molecule has 6 rings (SSSR count). The van der Waals surface area contributed by atoms with Gasteiger partial charge in [-0.25, -0.2) is 12.4 Å². The maximum absolute atomic E-state index is 13.7. The van der Waals surface area contributed by atoms with Gasteiger partial charge in [-0.2, -0.15) is 0 Å². The predicted octanol–water partition coefficient (Wildman–Crippen LogP) is 4.60. The molecule has 0 amide bonds. The van der Waals surface area contributed by atoms with Crippen LogP contribution in [0.5, 0.6) is 0 Å². The lowest BCUT2D eigenvalue weighted by molar-refractivity contribution is 0.0697. The zero-order valence-corrected chi connectivity index (χ0v) is 26.3. The van der Waals surface area contributed by atoms with Crippen LogP contribution in [0.3, 0.4) is 0 Å². The first-order chi connectivity index (χ1) is 20.4. The Labute approximate surface area is 254 Å². The molecular formula is C34H42N4O4S. The van der Waals surface area contributed by atoms with Crippen molar-refractivity contribution in [1.29, 1.82) is 0 Å². The topological polar surface area (TPSA) is 96.6 Å². The van der Waals surface area contributed by atoms with Crippen molar-refractivity contribution < 1.29 is 13.5 Å². The number of aryl methyl sites for hydroxylation is 2. The number of aromatic nitrogens is 2. The highest BCUT2D eigenvalue weighted by molar-refractivity contribution is 7.90. The van der Waals surface area contributed by atoms with E-state index in [1.54, 1.807) is 57.4 Å². The van der Waals surface area contributed by atoms with Crippen LogP contribution >= 0.6 is 0 Å². The smallest absolute Gasteiger partial charge is 0.275 e. The van der Waals surface area contributed by atoms with E-state index in [9.17, 15) is 18.3 Å². The van der Waals surface area contributed by atoms with Gasteiger partial charge in [0, 0.05) is 50.0 Å². The molecule has 0 atom stereocenters. The third kappa shape index (κ3) is 5.83. The van der Waals surface area contributed by atoms with Gasteiger partial charge in [-0.05, 0) is 106 Å². The Morgan fingerprint density at radius 3 is 2.35 bits per heavy atom. The molecule has 0 spiro atoms. The van der Waals surface area contributed by atoms with Gasteiger partial charge in [0.15, 0.2) is 0 Å². The van der Waals surface area contributed by atoms with Gasteiger partial charge in [0.05, 0.1) is 10.5 Å². The van der Waals surface area contributed by atoms with Crippen LogP contribution < -0.4 is 10.9 Å². The minimum Gasteiger partial charge on any atom is -0.386 e. The first-order valence-corrected chi connectivity index (χ1v) is 16.7. The van der Waals surface area contributed by atoms with Crippen molar-refractivity contribution in [2.24, 2.45) is 18.9 Å². The average molecular weight is 603 g/mol. The standard InChI is InChI=1S/C34H42N4O4S/c1-23-5-9-28(10-6-23)43(41,42)38-16-13-29-31(22-36(4)33(39)32(29)38)30-18-27(34(2,3)40)8-7-26(30)21-37-19-25(20-37)17-24-11-14-35-15-12-24/h5-10,13,16,18,22,24-25,35,40H,11-12,14-15,17,19-21H2,1-4H3. The highest BCUT2D eigenvalue weighted by atomic mass is 32.2. The third-order valence-electron chi connectivity index (χ3n) is 9.22. The Hall–Kier alpha value is -3.24. The largest absolute Gasteiger partial charge is 0.386 e. The Balaban J connectivity index is 1.39. The normalized spacial score (nSPS) is 17.4. The minimum absolute atomic E-state index is 0.117. The fourth-order valence-electron chi connectivity index (χ4n) is 6.70. The molecule has 2 aliphatic heterocycles. The lowest BCUT2D eigenvalue weighted by atomic mass is 9.83. The number of hydrogen-bond acceptors (Lipinski definition) is 6. The van der Waals surface area contributed by atoms with Gasteiger partial charge >= 0.3 is 0 Å². The molecule has 2 saturated heterocycles. The average Bonchev–Trinajstić information content (AvgIpc) is 3.41. The van der Waals surface area contributed by atoms with Crippen LogP contribution in [0.4, 0.5) is 0 Å². The highest BCUT2D eigenvalue weighted by Crippen LogP contribution is 2.36. The molecule has 0 bridgehead atoms. The number of benzene rings is 2. The second kappa shape index (κ2) is 11.4. The Morgan fingerprint density at radius 1 is 0.977 bits per heavy atom. The molecule has 0 radical (unpaired) electrons. The van der Waals surface area contributed by atoms with E-state index in [-0.39, 0.29) is 16.0 Å². The van der Waals surface area contributed by atoms with E-state index in [0.29, 0.717) is 11.3 Å². The van der Waals surface area contributed by atoms with Crippen LogP contribution in [0.25, 0.3) is 22.0 Å². The summed E-state index contributed by atoms with van der Waals surface area (Å²) in [4.78, 5) is 16.1. The van der Waals surface area contributed by atoms with Crippen LogP contribution in [0.15, 0.2) is 70.6 Å². The second-order valence-electron chi connectivity index (χ2n) is 13.1. The van der Waals surface area contributed by atoms with Gasteiger partial charge < -0.3 is 15.0 Å². The number of hydrogen-bond donors (Lipinski definition) is 2.